The molecule has 1 saturated heterocycles. The highest BCUT2D eigenvalue weighted by atomic mass is 35.5. The molecule has 2 heterocycles. The molecule has 3 aromatic rings. The number of amides is 1. The summed E-state index contributed by atoms with van der Waals surface area (Å²) in [6.45, 7) is 1.82. The number of aromatic nitrogens is 2. The van der Waals surface area contributed by atoms with E-state index >= 15 is 0 Å². The van der Waals surface area contributed by atoms with Crippen molar-refractivity contribution in [2.75, 3.05) is 25.5 Å². The second-order valence-corrected chi connectivity index (χ2v) is 7.40. The smallest absolute Gasteiger partial charge is 0.228 e. The van der Waals surface area contributed by atoms with Crippen molar-refractivity contribution in [2.24, 2.45) is 5.92 Å². The van der Waals surface area contributed by atoms with Crippen LogP contribution in [-0.2, 0) is 4.79 Å². The first-order chi connectivity index (χ1) is 13.0. The van der Waals surface area contributed by atoms with Crippen molar-refractivity contribution in [2.45, 2.75) is 12.8 Å². The van der Waals surface area contributed by atoms with Gasteiger partial charge < -0.3 is 10.2 Å². The molecule has 1 aromatic heterocycles. The molecule has 148 valence electrons. The fourth-order valence-electron chi connectivity index (χ4n) is 3.53. The van der Waals surface area contributed by atoms with E-state index in [2.05, 4.69) is 27.5 Å². The van der Waals surface area contributed by atoms with E-state index in [9.17, 15) is 9.18 Å². The van der Waals surface area contributed by atoms with E-state index in [0.29, 0.717) is 22.0 Å². The van der Waals surface area contributed by atoms with Crippen LogP contribution < -0.4 is 5.32 Å². The van der Waals surface area contributed by atoms with E-state index < -0.39 is 0 Å². The molecule has 2 aromatic carbocycles. The Labute approximate surface area is 173 Å². The van der Waals surface area contributed by atoms with Crippen LogP contribution in [0.1, 0.15) is 12.8 Å². The molecule has 28 heavy (non-hydrogen) atoms. The van der Waals surface area contributed by atoms with Gasteiger partial charge in [0, 0.05) is 16.9 Å². The number of benzene rings is 2. The van der Waals surface area contributed by atoms with Gasteiger partial charge in [0.25, 0.3) is 0 Å². The molecule has 2 N–H and O–H groups in total. The zero-order valence-corrected chi connectivity index (χ0v) is 16.9. The number of anilines is 1. The van der Waals surface area contributed by atoms with Gasteiger partial charge in [0.1, 0.15) is 5.82 Å². The van der Waals surface area contributed by atoms with Crippen molar-refractivity contribution in [3.63, 3.8) is 0 Å². The second kappa shape index (κ2) is 8.47. The van der Waals surface area contributed by atoms with E-state index in [1.807, 2.05) is 6.07 Å². The Morgan fingerprint density at radius 1 is 1.29 bits per heavy atom. The van der Waals surface area contributed by atoms with Crippen molar-refractivity contribution in [3.05, 3.63) is 47.2 Å². The Morgan fingerprint density at radius 2 is 2.04 bits per heavy atom. The second-order valence-electron chi connectivity index (χ2n) is 7.00. The summed E-state index contributed by atoms with van der Waals surface area (Å²) in [6.07, 6.45) is 1.67. The van der Waals surface area contributed by atoms with Gasteiger partial charge in [-0.3, -0.25) is 9.89 Å². The number of halogens is 3. The maximum atomic E-state index is 14.3. The van der Waals surface area contributed by atoms with Crippen LogP contribution in [-0.4, -0.2) is 41.1 Å². The molecular weight excluding hydrogens is 402 g/mol. The van der Waals surface area contributed by atoms with Crippen molar-refractivity contribution in [1.29, 1.82) is 0 Å². The van der Waals surface area contributed by atoms with Crippen molar-refractivity contribution >= 4 is 46.6 Å². The molecule has 0 aliphatic carbocycles. The lowest BCUT2D eigenvalue weighted by Gasteiger charge is -2.27. The maximum absolute atomic E-state index is 14.3. The summed E-state index contributed by atoms with van der Waals surface area (Å²) in [4.78, 5) is 14.8. The van der Waals surface area contributed by atoms with Gasteiger partial charge in [-0.25, -0.2) is 4.39 Å². The number of hydrogen-bond acceptors (Lipinski definition) is 3. The van der Waals surface area contributed by atoms with Gasteiger partial charge in [0.2, 0.25) is 5.91 Å². The highest BCUT2D eigenvalue weighted by Gasteiger charge is 2.24. The third kappa shape index (κ3) is 3.99. The molecule has 1 aliphatic rings. The summed E-state index contributed by atoms with van der Waals surface area (Å²) in [6, 6.07) is 10.0. The van der Waals surface area contributed by atoms with E-state index in [1.54, 1.807) is 24.3 Å². The summed E-state index contributed by atoms with van der Waals surface area (Å²) in [5, 5.41) is 11.1. The SMILES string of the molecule is CN1CCC(C(=O)Nc2n[nH]c3ccc(-c4c(F)cccc4Cl)cc23)CC1.Cl. The molecule has 1 aliphatic heterocycles. The largest absolute Gasteiger partial charge is 0.308 e. The summed E-state index contributed by atoms with van der Waals surface area (Å²) < 4.78 is 14.3. The number of hydrogen-bond donors (Lipinski definition) is 2. The topological polar surface area (TPSA) is 61.0 Å². The van der Waals surface area contributed by atoms with Crippen molar-refractivity contribution in [1.82, 2.24) is 15.1 Å². The minimum absolute atomic E-state index is 0. The van der Waals surface area contributed by atoms with Crippen molar-refractivity contribution in [3.8, 4) is 11.1 Å². The van der Waals surface area contributed by atoms with E-state index in [4.69, 9.17) is 11.6 Å². The number of carbonyl (C=O) groups excluding carboxylic acids is 1. The number of fused-ring (bicyclic) bond motifs is 1. The van der Waals surface area contributed by atoms with E-state index in [-0.39, 0.29) is 30.0 Å². The third-order valence-electron chi connectivity index (χ3n) is 5.15. The first kappa shape index (κ1) is 20.6. The summed E-state index contributed by atoms with van der Waals surface area (Å²) in [5.74, 6) is 0.0356. The molecule has 0 unspecified atom stereocenters. The van der Waals surface area contributed by atoms with Gasteiger partial charge in [-0.15, -0.1) is 12.4 Å². The van der Waals surface area contributed by atoms with Crippen LogP contribution in [0.2, 0.25) is 5.02 Å². The predicted octanol–water partition coefficient (Wildman–Crippen LogP) is 4.72. The van der Waals surface area contributed by atoms with Crippen molar-refractivity contribution < 1.29 is 9.18 Å². The lowest BCUT2D eigenvalue weighted by molar-refractivity contribution is -0.121. The van der Waals surface area contributed by atoms with Gasteiger partial charge in [0.05, 0.1) is 10.5 Å². The minimum Gasteiger partial charge on any atom is -0.308 e. The number of likely N-dealkylation sites (tertiary alicyclic amines) is 1. The Morgan fingerprint density at radius 3 is 2.75 bits per heavy atom. The minimum atomic E-state index is -0.387. The van der Waals surface area contributed by atoms with Gasteiger partial charge in [-0.05, 0) is 62.8 Å². The van der Waals surface area contributed by atoms with Crippen LogP contribution in [0.15, 0.2) is 36.4 Å². The number of rotatable bonds is 3. The van der Waals surface area contributed by atoms with Gasteiger partial charge in [-0.2, -0.15) is 5.10 Å². The number of carbonyl (C=O) groups is 1. The predicted molar refractivity (Wildman–Crippen MR) is 113 cm³/mol. The Kier molecular flexibility index (Phi) is 6.23. The molecule has 0 bridgehead atoms. The third-order valence-corrected chi connectivity index (χ3v) is 5.46. The Bertz CT molecular complexity index is 979. The van der Waals surface area contributed by atoms with Crippen LogP contribution in [0.3, 0.4) is 0 Å². The van der Waals surface area contributed by atoms with Crippen LogP contribution in [0.25, 0.3) is 22.0 Å². The van der Waals surface area contributed by atoms with Gasteiger partial charge >= 0.3 is 0 Å². The number of nitrogens with zero attached hydrogens (tertiary/aromatic N) is 2. The lowest BCUT2D eigenvalue weighted by atomic mass is 9.96. The average Bonchev–Trinajstić information content (AvgIpc) is 3.04. The summed E-state index contributed by atoms with van der Waals surface area (Å²) >= 11 is 6.19. The Hall–Kier alpha value is -2.15. The fourth-order valence-corrected chi connectivity index (χ4v) is 3.80. The van der Waals surface area contributed by atoms with Crippen LogP contribution in [0.5, 0.6) is 0 Å². The monoisotopic (exact) mass is 422 g/mol. The molecule has 0 spiro atoms. The molecule has 4 rings (SSSR count). The molecule has 0 radical (unpaired) electrons. The maximum Gasteiger partial charge on any atom is 0.228 e. The standard InChI is InChI=1S/C20H20ClFN4O.ClH/c1-26-9-7-12(8-10-26)20(27)23-19-14-11-13(5-6-17(14)24-25-19)18-15(21)3-2-4-16(18)22;/h2-6,11-12H,7-10H2,1H3,(H2,23,24,25,27);1H. The molecule has 8 heteroatoms. The summed E-state index contributed by atoms with van der Waals surface area (Å²) in [5.41, 5.74) is 1.75. The van der Waals surface area contributed by atoms with E-state index in [0.717, 1.165) is 36.8 Å². The lowest BCUT2D eigenvalue weighted by Crippen LogP contribution is -2.36. The molecule has 1 fully saturated rings. The summed E-state index contributed by atoms with van der Waals surface area (Å²) in [7, 11) is 2.06. The zero-order chi connectivity index (χ0) is 19.0. The quantitative estimate of drug-likeness (QED) is 0.641. The molecular formula is C20H21Cl2FN4O. The Balaban J connectivity index is 0.00000225. The van der Waals surface area contributed by atoms with Crippen LogP contribution in [0.4, 0.5) is 10.2 Å². The molecule has 0 atom stereocenters. The normalized spacial score (nSPS) is 15.4. The van der Waals surface area contributed by atoms with Crippen LogP contribution >= 0.6 is 24.0 Å². The van der Waals surface area contributed by atoms with E-state index in [1.165, 1.54) is 6.07 Å². The first-order valence-corrected chi connectivity index (χ1v) is 9.32. The number of H-pyrrole nitrogens is 1. The first-order valence-electron chi connectivity index (χ1n) is 8.95. The highest BCUT2D eigenvalue weighted by molar-refractivity contribution is 6.33. The van der Waals surface area contributed by atoms with Crippen LogP contribution in [0, 0.1) is 11.7 Å². The molecule has 1 amide bonds. The number of aromatic amines is 1. The molecule has 5 nitrogen and oxygen atoms in total. The fraction of sp³-hybridized carbons (Fsp3) is 0.300. The highest BCUT2D eigenvalue weighted by Crippen LogP contribution is 2.34. The molecule has 0 saturated carbocycles. The van der Waals surface area contributed by atoms with Gasteiger partial charge in [0.15, 0.2) is 5.82 Å². The number of piperidine rings is 1. The van der Waals surface area contributed by atoms with Gasteiger partial charge in [-0.1, -0.05) is 23.7 Å². The number of nitrogens with one attached hydrogen (secondary N) is 2. The average molecular weight is 423 g/mol. The zero-order valence-electron chi connectivity index (χ0n) is 15.3.